The van der Waals surface area contributed by atoms with Crippen molar-refractivity contribution in [3.8, 4) is 5.75 Å². The quantitative estimate of drug-likeness (QED) is 0.367. The van der Waals surface area contributed by atoms with Crippen LogP contribution in [0.5, 0.6) is 5.75 Å². The van der Waals surface area contributed by atoms with Gasteiger partial charge >= 0.3 is 5.97 Å². The Balaban J connectivity index is 1.28. The lowest BCUT2D eigenvalue weighted by Gasteiger charge is -2.47. The second-order valence-electron chi connectivity index (χ2n) is 13.0. The maximum Gasteiger partial charge on any atom is 0.335 e. The molecule has 3 aliphatic carbocycles. The fraction of sp³-hybridized carbons (Fsp3) is 0.545. The lowest BCUT2D eigenvalue weighted by atomic mass is 9.66. The van der Waals surface area contributed by atoms with Crippen LogP contribution in [0.15, 0.2) is 48.0 Å². The topological polar surface area (TPSA) is 119 Å². The van der Waals surface area contributed by atoms with Gasteiger partial charge in [0.2, 0.25) is 10.0 Å². The number of hydrogen-bond donors (Lipinski definition) is 2. The highest BCUT2D eigenvalue weighted by Crippen LogP contribution is 2.48. The van der Waals surface area contributed by atoms with Crippen LogP contribution in [0.2, 0.25) is 5.02 Å². The van der Waals surface area contributed by atoms with E-state index in [0.29, 0.717) is 24.9 Å². The average Bonchev–Trinajstić information content (AvgIpc) is 3.10. The van der Waals surface area contributed by atoms with Gasteiger partial charge in [0.05, 0.1) is 29.7 Å². The number of hydrogen-bond acceptors (Lipinski definition) is 6. The first-order valence-corrected chi connectivity index (χ1v) is 17.4. The SMILES string of the molecule is COC(C1=CC[C@H](CS(N)(=O)=O)CC1)[C@@H]1CC[C@H]1CN1CC2(CCCc3cc(Cl)ccc32)COc2ccc(C(=O)O)cc21. The normalized spacial score (nSPS) is 27.7. The van der Waals surface area contributed by atoms with Gasteiger partial charge in [-0.2, -0.15) is 0 Å². The second-order valence-corrected chi connectivity index (χ2v) is 15.1. The molecule has 4 aliphatic rings. The van der Waals surface area contributed by atoms with Crippen LogP contribution in [-0.4, -0.2) is 58.2 Å². The van der Waals surface area contributed by atoms with E-state index in [1.807, 2.05) is 6.07 Å². The number of primary sulfonamides is 1. The number of methoxy groups -OCH3 is 1. The molecule has 0 bridgehead atoms. The Kier molecular flexibility index (Phi) is 8.54. The number of carboxylic acids is 1. The summed E-state index contributed by atoms with van der Waals surface area (Å²) in [6.45, 7) is 2.03. The summed E-state index contributed by atoms with van der Waals surface area (Å²) in [5.74, 6) is 0.525. The molecule has 0 saturated heterocycles. The molecule has 1 aliphatic heterocycles. The molecule has 0 aromatic heterocycles. The molecule has 10 heteroatoms. The molecule has 8 nitrogen and oxygen atoms in total. The Labute approximate surface area is 259 Å². The van der Waals surface area contributed by atoms with Gasteiger partial charge < -0.3 is 19.5 Å². The van der Waals surface area contributed by atoms with Gasteiger partial charge in [-0.25, -0.2) is 18.4 Å². The van der Waals surface area contributed by atoms with Crippen LogP contribution in [0.3, 0.4) is 0 Å². The van der Waals surface area contributed by atoms with Crippen LogP contribution in [0, 0.1) is 17.8 Å². The van der Waals surface area contributed by atoms with E-state index in [9.17, 15) is 18.3 Å². The van der Waals surface area contributed by atoms with Crippen LogP contribution in [-0.2, 0) is 26.6 Å². The maximum atomic E-state index is 12.0. The van der Waals surface area contributed by atoms with Gasteiger partial charge in [0.15, 0.2) is 0 Å². The standard InChI is InChI=1S/C33H41ClN2O6S/c1-41-31(22-6-4-21(5-7-22)18-43(35,39)40)27-11-8-25(27)17-36-19-33(14-2-3-23-15-26(34)10-12-28(23)33)20-42-30-13-9-24(32(37)38)16-29(30)36/h6,9-10,12-13,15-16,21,25,27,31H,2-5,7-8,11,14,17-20H2,1H3,(H,37,38)(H2,35,39,40)/t21-,25-,27+,31?,33?/m0/s1. The zero-order chi connectivity index (χ0) is 30.4. The summed E-state index contributed by atoms with van der Waals surface area (Å²) in [7, 11) is -1.72. The number of allylic oxidation sites excluding steroid dienone is 1. The zero-order valence-corrected chi connectivity index (χ0v) is 26.2. The first kappa shape index (κ1) is 30.4. The molecule has 1 fully saturated rings. The summed E-state index contributed by atoms with van der Waals surface area (Å²) in [4.78, 5) is 14.4. The summed E-state index contributed by atoms with van der Waals surface area (Å²) in [6.07, 6.45) is 9.59. The van der Waals surface area contributed by atoms with Crippen LogP contribution >= 0.6 is 11.6 Å². The van der Waals surface area contributed by atoms with E-state index in [-0.39, 0.29) is 28.8 Å². The van der Waals surface area contributed by atoms with Crippen LogP contribution in [0.4, 0.5) is 5.69 Å². The number of carboxylic acid groups (broad SMARTS) is 1. The summed E-state index contributed by atoms with van der Waals surface area (Å²) in [6, 6.07) is 11.4. The number of rotatable bonds is 8. The van der Waals surface area contributed by atoms with Crippen LogP contribution in [0.1, 0.15) is 66.4 Å². The first-order valence-electron chi connectivity index (χ1n) is 15.3. The number of aryl methyl sites for hydroxylation is 1. The van der Waals surface area contributed by atoms with E-state index in [0.717, 1.165) is 74.5 Å². The number of halogens is 1. The monoisotopic (exact) mass is 628 g/mol. The molecule has 1 saturated carbocycles. The predicted molar refractivity (Wildman–Crippen MR) is 168 cm³/mol. The number of benzene rings is 2. The minimum atomic E-state index is -3.49. The summed E-state index contributed by atoms with van der Waals surface area (Å²) < 4.78 is 35.9. The number of anilines is 1. The van der Waals surface area contributed by atoms with Crippen LogP contribution < -0.4 is 14.8 Å². The highest BCUT2D eigenvalue weighted by molar-refractivity contribution is 7.89. The Morgan fingerprint density at radius 1 is 1.21 bits per heavy atom. The molecule has 2 aromatic rings. The van der Waals surface area contributed by atoms with Gasteiger partial charge in [0.1, 0.15) is 5.75 Å². The van der Waals surface area contributed by atoms with Crippen molar-refractivity contribution in [1.82, 2.24) is 0 Å². The van der Waals surface area contributed by atoms with Crippen molar-refractivity contribution in [2.45, 2.75) is 62.9 Å². The lowest BCUT2D eigenvalue weighted by Crippen LogP contribution is -2.50. The van der Waals surface area contributed by atoms with Crippen molar-refractivity contribution in [3.63, 3.8) is 0 Å². The van der Waals surface area contributed by atoms with Crippen molar-refractivity contribution in [2.24, 2.45) is 22.9 Å². The van der Waals surface area contributed by atoms with Gasteiger partial charge in [-0.3, -0.25) is 0 Å². The molecule has 5 atom stereocenters. The van der Waals surface area contributed by atoms with E-state index >= 15 is 0 Å². The van der Waals surface area contributed by atoms with Gasteiger partial charge in [-0.15, -0.1) is 0 Å². The predicted octanol–water partition coefficient (Wildman–Crippen LogP) is 5.57. The smallest absolute Gasteiger partial charge is 0.335 e. The molecule has 6 rings (SSSR count). The van der Waals surface area contributed by atoms with Crippen LogP contribution in [0.25, 0.3) is 0 Å². The number of ether oxygens (including phenoxy) is 2. The van der Waals surface area contributed by atoms with E-state index < -0.39 is 16.0 Å². The molecule has 2 aromatic carbocycles. The van der Waals surface area contributed by atoms with Gasteiger partial charge in [0.25, 0.3) is 0 Å². The number of nitrogens with zero attached hydrogens (tertiary/aromatic N) is 1. The first-order chi connectivity index (χ1) is 20.5. The van der Waals surface area contributed by atoms with E-state index in [1.54, 1.807) is 25.3 Å². The zero-order valence-electron chi connectivity index (χ0n) is 24.6. The minimum Gasteiger partial charge on any atom is -0.490 e. The van der Waals surface area contributed by atoms with Gasteiger partial charge in [-0.05, 0) is 116 Å². The Bertz CT molecular complexity index is 1530. The highest BCUT2D eigenvalue weighted by Gasteiger charge is 2.45. The molecule has 1 heterocycles. The molecule has 0 amide bonds. The van der Waals surface area contributed by atoms with Gasteiger partial charge in [-0.1, -0.05) is 23.7 Å². The number of aromatic carboxylic acids is 1. The molecule has 0 radical (unpaired) electrons. The maximum absolute atomic E-state index is 12.0. The van der Waals surface area contributed by atoms with E-state index in [1.165, 1.54) is 16.7 Å². The Morgan fingerprint density at radius 3 is 2.72 bits per heavy atom. The Morgan fingerprint density at radius 2 is 2.05 bits per heavy atom. The number of fused-ring (bicyclic) bond motifs is 3. The lowest BCUT2D eigenvalue weighted by molar-refractivity contribution is 0.00323. The third-order valence-corrected chi connectivity index (χ3v) is 11.4. The molecule has 2 unspecified atom stereocenters. The fourth-order valence-corrected chi connectivity index (χ4v) is 9.15. The molecule has 43 heavy (non-hydrogen) atoms. The fourth-order valence-electron chi connectivity index (χ4n) is 8.00. The number of sulfonamides is 1. The highest BCUT2D eigenvalue weighted by atomic mass is 35.5. The minimum absolute atomic E-state index is 0.0197. The van der Waals surface area contributed by atoms with Crippen molar-refractivity contribution in [2.75, 3.05) is 37.5 Å². The molecule has 1 spiro atoms. The van der Waals surface area contributed by atoms with Crippen molar-refractivity contribution >= 4 is 33.3 Å². The number of nitrogens with two attached hydrogens (primary N) is 1. The number of carbonyl (C=O) groups is 1. The van der Waals surface area contributed by atoms with Crippen molar-refractivity contribution in [1.29, 1.82) is 0 Å². The van der Waals surface area contributed by atoms with E-state index in [4.69, 9.17) is 26.2 Å². The molecule has 3 N–H and O–H groups in total. The molecule has 232 valence electrons. The third kappa shape index (κ3) is 6.32. The Hall–Kier alpha value is -2.59. The van der Waals surface area contributed by atoms with Crippen molar-refractivity contribution < 1.29 is 27.8 Å². The van der Waals surface area contributed by atoms with E-state index in [2.05, 4.69) is 23.1 Å². The second kappa shape index (κ2) is 12.1. The average molecular weight is 629 g/mol. The summed E-state index contributed by atoms with van der Waals surface area (Å²) in [5.41, 5.74) is 4.65. The molecular formula is C33H41ClN2O6S. The largest absolute Gasteiger partial charge is 0.490 e. The third-order valence-electron chi connectivity index (χ3n) is 10.2. The summed E-state index contributed by atoms with van der Waals surface area (Å²) in [5, 5.41) is 15.9. The van der Waals surface area contributed by atoms with Crippen molar-refractivity contribution in [3.05, 3.63) is 69.8 Å². The van der Waals surface area contributed by atoms with Gasteiger partial charge in [0, 0.05) is 30.6 Å². The summed E-state index contributed by atoms with van der Waals surface area (Å²) >= 11 is 6.39. The molecular weight excluding hydrogens is 588 g/mol.